The molecular formula is C18H15NO5. The van der Waals surface area contributed by atoms with Gasteiger partial charge in [0.15, 0.2) is 5.60 Å². The Hall–Kier alpha value is -3.15. The first-order valence-electron chi connectivity index (χ1n) is 7.35. The number of ether oxygens (including phenoxy) is 1. The Balaban J connectivity index is 1.84. The summed E-state index contributed by atoms with van der Waals surface area (Å²) in [5, 5.41) is 11.6. The highest BCUT2D eigenvalue weighted by Gasteiger charge is 2.42. The van der Waals surface area contributed by atoms with E-state index in [-0.39, 0.29) is 12.0 Å². The topological polar surface area (TPSA) is 92.7 Å². The molecule has 1 amide bonds. The molecule has 2 aromatic carbocycles. The molecule has 2 aromatic rings. The van der Waals surface area contributed by atoms with Gasteiger partial charge in [0.05, 0.1) is 11.1 Å². The van der Waals surface area contributed by atoms with E-state index in [1.807, 2.05) is 0 Å². The molecule has 0 unspecified atom stereocenters. The number of carboxylic acid groups (broad SMARTS) is 1. The largest absolute Gasteiger partial charge is 0.478 e. The zero-order chi connectivity index (χ0) is 17.3. The number of benzene rings is 2. The van der Waals surface area contributed by atoms with Gasteiger partial charge in [-0.2, -0.15) is 0 Å². The lowest BCUT2D eigenvalue weighted by Crippen LogP contribution is -2.48. The van der Waals surface area contributed by atoms with Crippen LogP contribution in [0, 0.1) is 0 Å². The van der Waals surface area contributed by atoms with Crippen molar-refractivity contribution in [3.63, 3.8) is 0 Å². The van der Waals surface area contributed by atoms with Crippen molar-refractivity contribution < 1.29 is 24.2 Å². The van der Waals surface area contributed by atoms with Crippen molar-refractivity contribution in [2.75, 3.05) is 5.32 Å². The predicted molar refractivity (Wildman–Crippen MR) is 86.0 cm³/mol. The highest BCUT2D eigenvalue weighted by atomic mass is 16.6. The highest BCUT2D eigenvalue weighted by molar-refractivity contribution is 6.03. The fourth-order valence-corrected chi connectivity index (χ4v) is 2.65. The Labute approximate surface area is 138 Å². The minimum Gasteiger partial charge on any atom is -0.478 e. The normalized spacial score (nSPS) is 19.1. The number of esters is 1. The SMILES string of the molecule is C[C@@]1(C(=O)Nc2cccc(C(=O)O)c2)Cc2ccccc2C(=O)O1. The number of nitrogens with one attached hydrogen (secondary N) is 1. The summed E-state index contributed by atoms with van der Waals surface area (Å²) in [6.45, 7) is 1.54. The summed E-state index contributed by atoms with van der Waals surface area (Å²) < 4.78 is 5.34. The maximum atomic E-state index is 12.6. The molecule has 0 aliphatic carbocycles. The van der Waals surface area contributed by atoms with Crippen molar-refractivity contribution >= 4 is 23.5 Å². The molecule has 0 saturated carbocycles. The quantitative estimate of drug-likeness (QED) is 0.846. The maximum Gasteiger partial charge on any atom is 0.339 e. The van der Waals surface area contributed by atoms with Crippen molar-refractivity contribution in [2.45, 2.75) is 18.9 Å². The first-order valence-corrected chi connectivity index (χ1v) is 7.35. The van der Waals surface area contributed by atoms with E-state index < -0.39 is 23.4 Å². The first kappa shape index (κ1) is 15.7. The highest BCUT2D eigenvalue weighted by Crippen LogP contribution is 2.29. The van der Waals surface area contributed by atoms with Gasteiger partial charge in [-0.15, -0.1) is 0 Å². The fraction of sp³-hybridized carbons (Fsp3) is 0.167. The van der Waals surface area contributed by atoms with E-state index in [0.717, 1.165) is 5.56 Å². The third-order valence-electron chi connectivity index (χ3n) is 3.93. The Bertz CT molecular complexity index is 845. The molecule has 122 valence electrons. The Morgan fingerprint density at radius 3 is 2.67 bits per heavy atom. The average molecular weight is 325 g/mol. The first-order chi connectivity index (χ1) is 11.4. The monoisotopic (exact) mass is 325 g/mol. The molecule has 0 bridgehead atoms. The van der Waals surface area contributed by atoms with Gasteiger partial charge in [-0.1, -0.05) is 24.3 Å². The summed E-state index contributed by atoms with van der Waals surface area (Å²) in [4.78, 5) is 35.7. The van der Waals surface area contributed by atoms with E-state index >= 15 is 0 Å². The number of anilines is 1. The summed E-state index contributed by atoms with van der Waals surface area (Å²) in [6.07, 6.45) is 0.249. The van der Waals surface area contributed by atoms with E-state index in [1.165, 1.54) is 25.1 Å². The second kappa shape index (κ2) is 5.81. The van der Waals surface area contributed by atoms with Crippen LogP contribution in [0.3, 0.4) is 0 Å². The molecule has 0 radical (unpaired) electrons. The molecule has 2 N–H and O–H groups in total. The van der Waals surface area contributed by atoms with Crippen LogP contribution in [0.4, 0.5) is 5.69 Å². The van der Waals surface area contributed by atoms with Crippen molar-refractivity contribution in [1.29, 1.82) is 0 Å². The molecule has 1 atom stereocenters. The number of aromatic carboxylic acids is 1. The number of fused-ring (bicyclic) bond motifs is 1. The Morgan fingerprint density at radius 1 is 1.17 bits per heavy atom. The zero-order valence-electron chi connectivity index (χ0n) is 12.9. The van der Waals surface area contributed by atoms with Gasteiger partial charge in [-0.25, -0.2) is 9.59 Å². The van der Waals surface area contributed by atoms with Gasteiger partial charge in [0.2, 0.25) is 0 Å². The van der Waals surface area contributed by atoms with Gasteiger partial charge < -0.3 is 15.2 Å². The minimum atomic E-state index is -1.36. The van der Waals surface area contributed by atoms with Crippen LogP contribution in [0.1, 0.15) is 33.2 Å². The standard InChI is InChI=1S/C18H15NO5/c1-18(10-12-5-2-3-8-14(12)16(22)24-18)17(23)19-13-7-4-6-11(9-13)15(20)21/h2-9H,10H2,1H3,(H,19,23)(H,20,21)/t18-/m0/s1. The summed E-state index contributed by atoms with van der Waals surface area (Å²) >= 11 is 0. The molecule has 1 aliphatic rings. The van der Waals surface area contributed by atoms with Gasteiger partial charge in [0.25, 0.3) is 5.91 Å². The molecular weight excluding hydrogens is 310 g/mol. The van der Waals surface area contributed by atoms with E-state index in [0.29, 0.717) is 11.3 Å². The molecule has 1 aliphatic heterocycles. The van der Waals surface area contributed by atoms with Crippen LogP contribution in [0.15, 0.2) is 48.5 Å². The smallest absolute Gasteiger partial charge is 0.339 e. The zero-order valence-corrected chi connectivity index (χ0v) is 12.9. The third-order valence-corrected chi connectivity index (χ3v) is 3.93. The number of cyclic esters (lactones) is 1. The number of rotatable bonds is 3. The number of carbonyl (C=O) groups excluding carboxylic acids is 2. The van der Waals surface area contributed by atoms with Crippen molar-refractivity contribution in [3.05, 3.63) is 65.2 Å². The molecule has 0 saturated heterocycles. The number of amides is 1. The minimum absolute atomic E-state index is 0.0592. The summed E-state index contributed by atoms with van der Waals surface area (Å²) in [6, 6.07) is 12.9. The number of carboxylic acids is 1. The van der Waals surface area contributed by atoms with Gasteiger partial charge in [0, 0.05) is 12.1 Å². The molecule has 0 aromatic heterocycles. The van der Waals surface area contributed by atoms with E-state index in [2.05, 4.69) is 5.32 Å². The predicted octanol–water partition coefficient (Wildman–Crippen LogP) is 2.50. The van der Waals surface area contributed by atoms with Gasteiger partial charge in [-0.3, -0.25) is 4.79 Å². The molecule has 6 nitrogen and oxygen atoms in total. The lowest BCUT2D eigenvalue weighted by molar-refractivity contribution is -0.134. The van der Waals surface area contributed by atoms with Crippen LogP contribution in [0.2, 0.25) is 0 Å². The van der Waals surface area contributed by atoms with Crippen LogP contribution in [0.25, 0.3) is 0 Å². The van der Waals surface area contributed by atoms with Gasteiger partial charge in [0.1, 0.15) is 0 Å². The fourth-order valence-electron chi connectivity index (χ4n) is 2.65. The molecule has 24 heavy (non-hydrogen) atoms. The molecule has 0 fully saturated rings. The van der Waals surface area contributed by atoms with Gasteiger partial charge >= 0.3 is 11.9 Å². The van der Waals surface area contributed by atoms with Crippen LogP contribution < -0.4 is 5.32 Å². The van der Waals surface area contributed by atoms with Crippen LogP contribution in [-0.4, -0.2) is 28.6 Å². The summed E-state index contributed by atoms with van der Waals surface area (Å²) in [5.74, 6) is -2.14. The molecule has 6 heteroatoms. The van der Waals surface area contributed by atoms with Crippen molar-refractivity contribution in [3.8, 4) is 0 Å². The average Bonchev–Trinajstić information content (AvgIpc) is 2.55. The lowest BCUT2D eigenvalue weighted by atomic mass is 9.89. The van der Waals surface area contributed by atoms with Gasteiger partial charge in [-0.05, 0) is 36.8 Å². The molecule has 0 spiro atoms. The van der Waals surface area contributed by atoms with Crippen molar-refractivity contribution in [2.24, 2.45) is 0 Å². The second-order valence-electron chi connectivity index (χ2n) is 5.79. The van der Waals surface area contributed by atoms with Crippen LogP contribution in [-0.2, 0) is 16.0 Å². The van der Waals surface area contributed by atoms with E-state index in [1.54, 1.807) is 30.3 Å². The number of hydrogen-bond acceptors (Lipinski definition) is 4. The lowest BCUT2D eigenvalue weighted by Gasteiger charge is -2.33. The summed E-state index contributed by atoms with van der Waals surface area (Å²) in [5.41, 5.74) is 0.228. The Morgan fingerprint density at radius 2 is 1.92 bits per heavy atom. The summed E-state index contributed by atoms with van der Waals surface area (Å²) in [7, 11) is 0. The van der Waals surface area contributed by atoms with E-state index in [4.69, 9.17) is 9.84 Å². The van der Waals surface area contributed by atoms with Crippen LogP contribution in [0.5, 0.6) is 0 Å². The maximum absolute atomic E-state index is 12.6. The molecule has 3 rings (SSSR count). The number of carbonyl (C=O) groups is 3. The second-order valence-corrected chi connectivity index (χ2v) is 5.79. The molecule has 1 heterocycles. The number of hydrogen-bond donors (Lipinski definition) is 2. The Kier molecular flexibility index (Phi) is 3.81. The third kappa shape index (κ3) is 2.86. The van der Waals surface area contributed by atoms with Crippen molar-refractivity contribution in [1.82, 2.24) is 0 Å². The van der Waals surface area contributed by atoms with E-state index in [9.17, 15) is 14.4 Å². The van der Waals surface area contributed by atoms with Crippen LogP contribution >= 0.6 is 0 Å².